The van der Waals surface area contributed by atoms with E-state index in [0.717, 1.165) is 5.56 Å². The maximum absolute atomic E-state index is 13.4. The normalized spacial score (nSPS) is 20.2. The van der Waals surface area contributed by atoms with Gasteiger partial charge in [-0.15, -0.1) is 0 Å². The highest BCUT2D eigenvalue weighted by molar-refractivity contribution is 5.91. The molecule has 9 nitrogen and oxygen atoms in total. The van der Waals surface area contributed by atoms with E-state index in [0.29, 0.717) is 5.56 Å². The van der Waals surface area contributed by atoms with Gasteiger partial charge in [0.1, 0.15) is 23.8 Å². The lowest BCUT2D eigenvalue weighted by molar-refractivity contribution is -0.190. The first-order valence-corrected chi connectivity index (χ1v) is 12.6. The molecule has 1 N–H and O–H groups in total. The van der Waals surface area contributed by atoms with Gasteiger partial charge < -0.3 is 19.9 Å². The number of carbonyl (C=O) groups is 3. The molecule has 2 fully saturated rings. The number of nitrogens with one attached hydrogen (secondary N) is 1. The van der Waals surface area contributed by atoms with Gasteiger partial charge in [0.15, 0.2) is 0 Å². The zero-order chi connectivity index (χ0) is 27.4. The summed E-state index contributed by atoms with van der Waals surface area (Å²) in [7, 11) is 1.65. The van der Waals surface area contributed by atoms with Crippen molar-refractivity contribution < 1.29 is 27.9 Å². The molecule has 2 aromatic rings. The number of fused-ring (bicyclic) bond motifs is 1. The van der Waals surface area contributed by atoms with Gasteiger partial charge in [0, 0.05) is 20.1 Å². The first kappa shape index (κ1) is 27.5. The Labute approximate surface area is 220 Å². The summed E-state index contributed by atoms with van der Waals surface area (Å²) in [5.74, 6) is -1.32. The summed E-state index contributed by atoms with van der Waals surface area (Å²) in [6.07, 6.45) is -0.706. The molecule has 2 aromatic carbocycles. The number of halogens is 2. The number of likely N-dealkylation sites (N-methyl/N-ethyl adjacent to an activating group) is 1. The Morgan fingerprint density at radius 1 is 1.08 bits per heavy atom. The third-order valence-electron chi connectivity index (χ3n) is 6.73. The van der Waals surface area contributed by atoms with E-state index in [9.17, 15) is 23.2 Å². The second kappa shape index (κ2) is 11.9. The van der Waals surface area contributed by atoms with Crippen LogP contribution in [0, 0.1) is 17.6 Å². The number of hydrogen-bond donors (Lipinski definition) is 1. The minimum atomic E-state index is -0.731. The summed E-state index contributed by atoms with van der Waals surface area (Å²) in [5, 5.41) is 5.85. The molecular formula is C27H33F2N5O4. The molecule has 0 bridgehead atoms. The predicted octanol–water partition coefficient (Wildman–Crippen LogP) is 2.58. The van der Waals surface area contributed by atoms with Crippen LogP contribution in [0.2, 0.25) is 0 Å². The number of urea groups is 1. The smallest absolute Gasteiger partial charge is 0.334 e. The lowest BCUT2D eigenvalue weighted by Gasteiger charge is -2.55. The molecule has 204 valence electrons. The standard InChI is InChI=1S/C27H33F2N5O4/c1-18(2)25-26(36)32(11-12-38-17-20-5-4-6-22(29)13-20)15-23-33(25)24(35)16-31(3)34(23)27(37)30-14-19-7-9-21(28)10-8-19/h4-10,13,18,23,25H,11-12,14-17H2,1-3H3,(H,30,37)/t23-,25-/m0/s1. The number of hydrogen-bond acceptors (Lipinski definition) is 5. The Bertz CT molecular complexity index is 1160. The lowest BCUT2D eigenvalue weighted by Crippen LogP contribution is -2.76. The van der Waals surface area contributed by atoms with Gasteiger partial charge in [-0.3, -0.25) is 9.59 Å². The molecular weight excluding hydrogens is 496 g/mol. The van der Waals surface area contributed by atoms with E-state index in [1.54, 1.807) is 41.2 Å². The third kappa shape index (κ3) is 6.11. The quantitative estimate of drug-likeness (QED) is 0.532. The van der Waals surface area contributed by atoms with Crippen molar-refractivity contribution in [2.75, 3.05) is 33.3 Å². The molecule has 2 atom stereocenters. The fraction of sp³-hybridized carbons (Fsp3) is 0.444. The average molecular weight is 530 g/mol. The van der Waals surface area contributed by atoms with Crippen LogP contribution < -0.4 is 5.32 Å². The maximum atomic E-state index is 13.4. The lowest BCUT2D eigenvalue weighted by atomic mass is 9.96. The Morgan fingerprint density at radius 3 is 2.50 bits per heavy atom. The van der Waals surface area contributed by atoms with E-state index < -0.39 is 18.2 Å². The van der Waals surface area contributed by atoms with Crippen LogP contribution in [0.25, 0.3) is 0 Å². The fourth-order valence-electron chi connectivity index (χ4n) is 4.91. The summed E-state index contributed by atoms with van der Waals surface area (Å²) in [4.78, 5) is 43.0. The Hall–Kier alpha value is -3.57. The van der Waals surface area contributed by atoms with Crippen LogP contribution in [-0.2, 0) is 27.5 Å². The van der Waals surface area contributed by atoms with E-state index in [-0.39, 0.29) is 68.8 Å². The van der Waals surface area contributed by atoms with Crippen molar-refractivity contribution in [1.82, 2.24) is 25.1 Å². The van der Waals surface area contributed by atoms with Gasteiger partial charge >= 0.3 is 6.03 Å². The summed E-state index contributed by atoms with van der Waals surface area (Å²) >= 11 is 0. The fourth-order valence-corrected chi connectivity index (χ4v) is 4.91. The molecule has 2 aliphatic rings. The Morgan fingerprint density at radius 2 is 1.82 bits per heavy atom. The molecule has 0 radical (unpaired) electrons. The number of rotatable bonds is 8. The minimum absolute atomic E-state index is 0.0479. The highest BCUT2D eigenvalue weighted by atomic mass is 19.1. The first-order valence-electron chi connectivity index (χ1n) is 12.6. The van der Waals surface area contributed by atoms with Crippen molar-refractivity contribution in [1.29, 1.82) is 0 Å². The van der Waals surface area contributed by atoms with E-state index in [2.05, 4.69) is 5.32 Å². The zero-order valence-corrected chi connectivity index (χ0v) is 21.8. The van der Waals surface area contributed by atoms with Crippen molar-refractivity contribution in [3.05, 3.63) is 71.3 Å². The van der Waals surface area contributed by atoms with Gasteiger partial charge in [0.2, 0.25) is 11.8 Å². The van der Waals surface area contributed by atoms with Crippen molar-refractivity contribution in [3.8, 4) is 0 Å². The van der Waals surface area contributed by atoms with Crippen LogP contribution in [-0.4, -0.2) is 83.2 Å². The minimum Gasteiger partial charge on any atom is -0.375 e. The van der Waals surface area contributed by atoms with E-state index in [4.69, 9.17) is 4.74 Å². The second-order valence-electron chi connectivity index (χ2n) is 9.88. The molecule has 2 saturated heterocycles. The predicted molar refractivity (Wildman–Crippen MR) is 135 cm³/mol. The van der Waals surface area contributed by atoms with Crippen molar-refractivity contribution >= 4 is 17.8 Å². The third-order valence-corrected chi connectivity index (χ3v) is 6.73. The highest BCUT2D eigenvalue weighted by Crippen LogP contribution is 2.29. The van der Waals surface area contributed by atoms with Gasteiger partial charge in [-0.1, -0.05) is 38.1 Å². The van der Waals surface area contributed by atoms with Gasteiger partial charge in [0.25, 0.3) is 0 Å². The van der Waals surface area contributed by atoms with Crippen molar-refractivity contribution in [3.63, 3.8) is 0 Å². The molecule has 4 amide bonds. The number of hydrazine groups is 1. The molecule has 0 aliphatic carbocycles. The molecule has 2 aliphatic heterocycles. The summed E-state index contributed by atoms with van der Waals surface area (Å²) in [5.41, 5.74) is 1.41. The largest absolute Gasteiger partial charge is 0.375 e. The van der Waals surface area contributed by atoms with Gasteiger partial charge in [-0.25, -0.2) is 23.6 Å². The summed E-state index contributed by atoms with van der Waals surface area (Å²) < 4.78 is 32.4. The summed E-state index contributed by atoms with van der Waals surface area (Å²) in [6.45, 7) is 4.64. The average Bonchev–Trinajstić information content (AvgIpc) is 2.86. The molecule has 0 aromatic heterocycles. The number of nitrogens with zero attached hydrogens (tertiary/aromatic N) is 4. The van der Waals surface area contributed by atoms with E-state index >= 15 is 0 Å². The molecule has 0 spiro atoms. The number of ether oxygens (including phenoxy) is 1. The van der Waals surface area contributed by atoms with Crippen molar-refractivity contribution in [2.24, 2.45) is 5.92 Å². The van der Waals surface area contributed by atoms with Crippen LogP contribution in [0.1, 0.15) is 25.0 Å². The summed E-state index contributed by atoms with van der Waals surface area (Å²) in [6, 6.07) is 10.8. The topological polar surface area (TPSA) is 85.4 Å². The Kier molecular flexibility index (Phi) is 8.58. The van der Waals surface area contributed by atoms with E-state index in [1.807, 2.05) is 13.8 Å². The van der Waals surface area contributed by atoms with Gasteiger partial charge in [-0.2, -0.15) is 0 Å². The van der Waals surface area contributed by atoms with E-state index in [1.165, 1.54) is 34.2 Å². The molecule has 2 heterocycles. The number of piperazine rings is 1. The van der Waals surface area contributed by atoms with Gasteiger partial charge in [0.05, 0.1) is 26.3 Å². The maximum Gasteiger partial charge on any atom is 0.334 e. The highest BCUT2D eigenvalue weighted by Gasteiger charge is 2.51. The SMILES string of the molecule is CC(C)[C@H]1C(=O)N(CCOCc2cccc(F)c2)C[C@H]2N1C(=O)CN(C)N2C(=O)NCc1ccc(F)cc1. The van der Waals surface area contributed by atoms with Crippen LogP contribution in [0.5, 0.6) is 0 Å². The molecule has 0 saturated carbocycles. The first-order chi connectivity index (χ1) is 18.2. The Balaban J connectivity index is 1.47. The second-order valence-corrected chi connectivity index (χ2v) is 9.88. The number of carbonyl (C=O) groups excluding carboxylic acids is 3. The van der Waals surface area contributed by atoms with Crippen LogP contribution in [0.4, 0.5) is 13.6 Å². The molecule has 38 heavy (non-hydrogen) atoms. The van der Waals surface area contributed by atoms with Crippen LogP contribution in [0.15, 0.2) is 48.5 Å². The van der Waals surface area contributed by atoms with Crippen LogP contribution in [0.3, 0.4) is 0 Å². The molecule has 11 heteroatoms. The zero-order valence-electron chi connectivity index (χ0n) is 21.8. The number of amides is 4. The van der Waals surface area contributed by atoms with Crippen molar-refractivity contribution in [2.45, 2.75) is 39.2 Å². The van der Waals surface area contributed by atoms with Crippen LogP contribution >= 0.6 is 0 Å². The van der Waals surface area contributed by atoms with Gasteiger partial charge in [-0.05, 0) is 41.3 Å². The monoisotopic (exact) mass is 529 g/mol. The molecule has 4 rings (SSSR count). The number of benzene rings is 2. The molecule has 0 unspecified atom stereocenters.